The molecule has 2 fully saturated rings. The molecule has 0 saturated carbocycles. The fourth-order valence-electron chi connectivity index (χ4n) is 5.81. The van der Waals surface area contributed by atoms with Crippen LogP contribution in [-0.2, 0) is 11.3 Å². The van der Waals surface area contributed by atoms with E-state index >= 15 is 0 Å². The molecule has 3 aliphatic heterocycles. The first-order valence-electron chi connectivity index (χ1n) is 12.8. The summed E-state index contributed by atoms with van der Waals surface area (Å²) in [5.41, 5.74) is 2.60. The summed E-state index contributed by atoms with van der Waals surface area (Å²) in [7, 11) is 0. The number of amides is 3. The SMILES string of the molecule is CC[C@H]1CCCCN1C(=O)C1CCN(c2cccc3c2C(=O)N(Cc2ccc(Cl)cc2)C3=O)CC1. The largest absolute Gasteiger partial charge is 0.371 e. The van der Waals surface area contributed by atoms with E-state index in [0.717, 1.165) is 49.9 Å². The zero-order valence-corrected chi connectivity index (χ0v) is 21.0. The van der Waals surface area contributed by atoms with Crippen molar-refractivity contribution in [1.82, 2.24) is 9.80 Å². The number of imide groups is 1. The van der Waals surface area contributed by atoms with Crippen LogP contribution in [0.25, 0.3) is 0 Å². The number of hydrogen-bond donors (Lipinski definition) is 0. The molecule has 0 aromatic heterocycles. The number of carbonyl (C=O) groups excluding carboxylic acids is 3. The van der Waals surface area contributed by atoms with Crippen molar-refractivity contribution in [3.63, 3.8) is 0 Å². The number of piperidine rings is 2. The van der Waals surface area contributed by atoms with Crippen LogP contribution in [0.5, 0.6) is 0 Å². The predicted molar refractivity (Wildman–Crippen MR) is 137 cm³/mol. The molecule has 2 saturated heterocycles. The van der Waals surface area contributed by atoms with Gasteiger partial charge < -0.3 is 9.80 Å². The number of carbonyl (C=O) groups is 3. The molecule has 35 heavy (non-hydrogen) atoms. The number of rotatable bonds is 5. The highest BCUT2D eigenvalue weighted by Crippen LogP contribution is 2.35. The molecule has 2 aromatic rings. The van der Waals surface area contributed by atoms with E-state index in [1.165, 1.54) is 11.3 Å². The number of benzene rings is 2. The molecule has 1 atom stereocenters. The molecule has 3 amide bonds. The minimum Gasteiger partial charge on any atom is -0.371 e. The maximum Gasteiger partial charge on any atom is 0.263 e. The Bertz CT molecular complexity index is 1120. The van der Waals surface area contributed by atoms with Gasteiger partial charge in [-0.15, -0.1) is 0 Å². The number of nitrogens with zero attached hydrogens (tertiary/aromatic N) is 3. The van der Waals surface area contributed by atoms with Gasteiger partial charge in [0.2, 0.25) is 5.91 Å². The summed E-state index contributed by atoms with van der Waals surface area (Å²) in [5.74, 6) is -0.181. The minimum absolute atomic E-state index is 0.0360. The van der Waals surface area contributed by atoms with Gasteiger partial charge in [0, 0.05) is 36.6 Å². The number of fused-ring (bicyclic) bond motifs is 1. The topological polar surface area (TPSA) is 60.9 Å². The van der Waals surface area contributed by atoms with Gasteiger partial charge in [0.1, 0.15) is 0 Å². The van der Waals surface area contributed by atoms with Crippen LogP contribution in [0, 0.1) is 5.92 Å². The second kappa shape index (κ2) is 10.0. The van der Waals surface area contributed by atoms with Crippen molar-refractivity contribution in [2.24, 2.45) is 5.92 Å². The van der Waals surface area contributed by atoms with Crippen LogP contribution >= 0.6 is 11.6 Å². The van der Waals surface area contributed by atoms with E-state index in [2.05, 4.69) is 16.7 Å². The lowest BCUT2D eigenvalue weighted by Crippen LogP contribution is -2.48. The second-order valence-corrected chi connectivity index (χ2v) is 10.3. The van der Waals surface area contributed by atoms with Gasteiger partial charge in [-0.2, -0.15) is 0 Å². The van der Waals surface area contributed by atoms with E-state index < -0.39 is 0 Å². The van der Waals surface area contributed by atoms with E-state index in [-0.39, 0.29) is 24.3 Å². The Morgan fingerprint density at radius 3 is 2.40 bits per heavy atom. The van der Waals surface area contributed by atoms with E-state index in [0.29, 0.717) is 41.2 Å². The highest BCUT2D eigenvalue weighted by atomic mass is 35.5. The van der Waals surface area contributed by atoms with Gasteiger partial charge in [0.15, 0.2) is 0 Å². The van der Waals surface area contributed by atoms with Gasteiger partial charge in [0.25, 0.3) is 11.8 Å². The first kappa shape index (κ1) is 23.9. The van der Waals surface area contributed by atoms with Crippen molar-refractivity contribution in [3.05, 3.63) is 64.2 Å². The van der Waals surface area contributed by atoms with E-state index in [9.17, 15) is 14.4 Å². The van der Waals surface area contributed by atoms with Gasteiger partial charge in [-0.25, -0.2) is 0 Å². The van der Waals surface area contributed by atoms with Gasteiger partial charge in [-0.05, 0) is 68.4 Å². The van der Waals surface area contributed by atoms with E-state index in [1.807, 2.05) is 24.3 Å². The Morgan fingerprint density at radius 2 is 1.69 bits per heavy atom. The lowest BCUT2D eigenvalue weighted by molar-refractivity contribution is -0.140. The van der Waals surface area contributed by atoms with Crippen LogP contribution in [0.15, 0.2) is 42.5 Å². The van der Waals surface area contributed by atoms with Crippen molar-refractivity contribution in [3.8, 4) is 0 Å². The number of likely N-dealkylation sites (tertiary alicyclic amines) is 1. The highest BCUT2D eigenvalue weighted by Gasteiger charge is 2.39. The molecule has 3 aliphatic rings. The smallest absolute Gasteiger partial charge is 0.263 e. The number of halogens is 1. The standard InChI is InChI=1S/C28H32ClN3O3/c1-2-22-6-3-4-15-31(22)26(33)20-13-16-30(17-14-20)24-8-5-7-23-25(24)28(35)32(27(23)34)18-19-9-11-21(29)12-10-19/h5,7-12,20,22H,2-4,6,13-18H2,1H3/t22-/m0/s1. The maximum atomic E-state index is 13.4. The monoisotopic (exact) mass is 493 g/mol. The summed E-state index contributed by atoms with van der Waals surface area (Å²) in [4.78, 5) is 45.4. The molecule has 0 radical (unpaired) electrons. The van der Waals surface area contributed by atoms with E-state index in [1.54, 1.807) is 18.2 Å². The number of hydrogen-bond acceptors (Lipinski definition) is 4. The molecule has 2 aromatic carbocycles. The first-order chi connectivity index (χ1) is 17.0. The molecule has 5 rings (SSSR count). The first-order valence-corrected chi connectivity index (χ1v) is 13.1. The molecule has 0 unspecified atom stereocenters. The summed E-state index contributed by atoms with van der Waals surface area (Å²) in [5, 5.41) is 0.616. The summed E-state index contributed by atoms with van der Waals surface area (Å²) >= 11 is 5.98. The Hall–Kier alpha value is -2.86. The average molecular weight is 494 g/mol. The quantitative estimate of drug-likeness (QED) is 0.541. The summed E-state index contributed by atoms with van der Waals surface area (Å²) < 4.78 is 0. The molecular formula is C28H32ClN3O3. The van der Waals surface area contributed by atoms with Crippen molar-refractivity contribution in [2.75, 3.05) is 24.5 Å². The Labute approximate surface area is 211 Å². The molecule has 7 heteroatoms. The van der Waals surface area contributed by atoms with Crippen molar-refractivity contribution < 1.29 is 14.4 Å². The third-order valence-corrected chi connectivity index (χ3v) is 8.05. The fraction of sp³-hybridized carbons (Fsp3) is 0.464. The average Bonchev–Trinajstić information content (AvgIpc) is 3.14. The zero-order chi connectivity index (χ0) is 24.5. The van der Waals surface area contributed by atoms with Gasteiger partial charge >= 0.3 is 0 Å². The summed E-state index contributed by atoms with van der Waals surface area (Å²) in [6.45, 7) is 4.67. The van der Waals surface area contributed by atoms with Crippen LogP contribution < -0.4 is 4.90 Å². The molecule has 3 heterocycles. The molecule has 0 bridgehead atoms. The van der Waals surface area contributed by atoms with Crippen LogP contribution in [0.4, 0.5) is 5.69 Å². The third-order valence-electron chi connectivity index (χ3n) is 7.80. The van der Waals surface area contributed by atoms with Crippen molar-refractivity contribution in [2.45, 2.75) is 58.0 Å². The molecule has 0 aliphatic carbocycles. The zero-order valence-electron chi connectivity index (χ0n) is 20.2. The van der Waals surface area contributed by atoms with Gasteiger partial charge in [-0.1, -0.05) is 36.7 Å². The summed E-state index contributed by atoms with van der Waals surface area (Å²) in [6, 6.07) is 13.1. The molecule has 0 N–H and O–H groups in total. The Kier molecular flexibility index (Phi) is 6.83. The maximum absolute atomic E-state index is 13.4. The lowest BCUT2D eigenvalue weighted by Gasteiger charge is -2.40. The molecular weight excluding hydrogens is 462 g/mol. The minimum atomic E-state index is -0.262. The van der Waals surface area contributed by atoms with Crippen molar-refractivity contribution in [1.29, 1.82) is 0 Å². The fourth-order valence-corrected chi connectivity index (χ4v) is 5.94. The van der Waals surface area contributed by atoms with Crippen LogP contribution in [0.1, 0.15) is 71.7 Å². The third kappa shape index (κ3) is 4.56. The van der Waals surface area contributed by atoms with Crippen molar-refractivity contribution >= 4 is 35.0 Å². The van der Waals surface area contributed by atoms with E-state index in [4.69, 9.17) is 11.6 Å². The second-order valence-electron chi connectivity index (χ2n) is 9.87. The molecule has 184 valence electrons. The van der Waals surface area contributed by atoms with Crippen LogP contribution in [0.2, 0.25) is 5.02 Å². The highest BCUT2D eigenvalue weighted by molar-refractivity contribution is 6.30. The van der Waals surface area contributed by atoms with Crippen LogP contribution in [-0.4, -0.2) is 53.2 Å². The molecule has 6 nitrogen and oxygen atoms in total. The molecule has 0 spiro atoms. The predicted octanol–water partition coefficient (Wildman–Crippen LogP) is 5.14. The Morgan fingerprint density at radius 1 is 0.943 bits per heavy atom. The summed E-state index contributed by atoms with van der Waals surface area (Å²) in [6.07, 6.45) is 5.98. The lowest BCUT2D eigenvalue weighted by atomic mass is 9.91. The number of anilines is 1. The van der Waals surface area contributed by atoms with Gasteiger partial charge in [-0.3, -0.25) is 19.3 Å². The normalized spacial score (nSPS) is 21.0. The Balaban J connectivity index is 1.29. The van der Waals surface area contributed by atoms with Crippen LogP contribution in [0.3, 0.4) is 0 Å². The van der Waals surface area contributed by atoms with Gasteiger partial charge in [0.05, 0.1) is 23.4 Å².